The number of hydrogen-bond donors (Lipinski definition) is 2. The first-order chi connectivity index (χ1) is 6.99. The molecule has 0 fully saturated rings. The molecule has 0 atom stereocenters. The van der Waals surface area contributed by atoms with Crippen LogP contribution in [0.3, 0.4) is 0 Å². The predicted molar refractivity (Wildman–Crippen MR) is 61.2 cm³/mol. The highest BCUT2D eigenvalue weighted by molar-refractivity contribution is 7.80. The van der Waals surface area contributed by atoms with Crippen molar-refractivity contribution >= 4 is 28.8 Å². The Kier molecular flexibility index (Phi) is 3.74. The van der Waals surface area contributed by atoms with Gasteiger partial charge < -0.3 is 11.1 Å². The number of carbonyl (C=O) groups is 1. The number of anilines is 1. The van der Waals surface area contributed by atoms with Crippen LogP contribution < -0.4 is 11.1 Å². The summed E-state index contributed by atoms with van der Waals surface area (Å²) in [6.45, 7) is 1.62. The van der Waals surface area contributed by atoms with E-state index in [9.17, 15) is 9.18 Å². The fraction of sp³-hybridized carbons (Fsp3) is 0.200. The number of aryl methyl sites for hydroxylation is 1. The molecule has 0 bridgehead atoms. The van der Waals surface area contributed by atoms with Crippen LogP contribution in [0.4, 0.5) is 10.1 Å². The summed E-state index contributed by atoms with van der Waals surface area (Å²) in [5, 5.41) is 2.57. The highest BCUT2D eigenvalue weighted by Gasteiger charge is 2.05. The average Bonchev–Trinajstić information content (AvgIpc) is 2.10. The van der Waals surface area contributed by atoms with Gasteiger partial charge in [-0.25, -0.2) is 4.39 Å². The van der Waals surface area contributed by atoms with E-state index in [4.69, 9.17) is 5.73 Å². The Bertz CT molecular complexity index is 406. The number of rotatable bonds is 3. The summed E-state index contributed by atoms with van der Waals surface area (Å²) in [7, 11) is 0. The zero-order valence-electron chi connectivity index (χ0n) is 8.21. The van der Waals surface area contributed by atoms with E-state index in [-0.39, 0.29) is 23.1 Å². The van der Waals surface area contributed by atoms with Crippen molar-refractivity contribution in [2.24, 2.45) is 5.73 Å². The number of carbonyl (C=O) groups excluding carboxylic acids is 1. The highest BCUT2D eigenvalue weighted by Crippen LogP contribution is 2.13. The number of hydrogen-bond acceptors (Lipinski definition) is 2. The Labute approximate surface area is 92.5 Å². The molecule has 1 aromatic rings. The second kappa shape index (κ2) is 4.84. The zero-order chi connectivity index (χ0) is 11.4. The summed E-state index contributed by atoms with van der Waals surface area (Å²) >= 11 is 4.59. The number of nitrogens with two attached hydrogens (primary N) is 1. The fourth-order valence-corrected chi connectivity index (χ4v) is 1.22. The fourth-order valence-electron chi connectivity index (χ4n) is 1.09. The van der Waals surface area contributed by atoms with Gasteiger partial charge in [-0.3, -0.25) is 4.79 Å². The van der Waals surface area contributed by atoms with Crippen molar-refractivity contribution in [3.63, 3.8) is 0 Å². The maximum atomic E-state index is 12.9. The van der Waals surface area contributed by atoms with Gasteiger partial charge in [-0.2, -0.15) is 0 Å². The number of benzene rings is 1. The summed E-state index contributed by atoms with van der Waals surface area (Å²) in [5.41, 5.74) is 6.22. The standard InChI is InChI=1S/C10H11FN2OS/c1-6-4-7(2-3-8(6)11)13-10(14)5-9(12)15/h2-4H,5H2,1H3,(H2,12,15)(H,13,14). The maximum absolute atomic E-state index is 12.9. The van der Waals surface area contributed by atoms with E-state index in [1.165, 1.54) is 12.1 Å². The first-order valence-electron chi connectivity index (χ1n) is 4.33. The van der Waals surface area contributed by atoms with Crippen molar-refractivity contribution in [3.8, 4) is 0 Å². The van der Waals surface area contributed by atoms with Crippen LogP contribution in [-0.4, -0.2) is 10.9 Å². The van der Waals surface area contributed by atoms with E-state index in [0.717, 1.165) is 0 Å². The molecule has 1 rings (SSSR count). The molecule has 0 saturated heterocycles. The van der Waals surface area contributed by atoms with Gasteiger partial charge in [0.25, 0.3) is 0 Å². The van der Waals surface area contributed by atoms with E-state index in [1.807, 2.05) is 0 Å². The number of amides is 1. The molecule has 1 amide bonds. The van der Waals surface area contributed by atoms with Crippen molar-refractivity contribution < 1.29 is 9.18 Å². The van der Waals surface area contributed by atoms with Gasteiger partial charge in [0.2, 0.25) is 5.91 Å². The molecular weight excluding hydrogens is 215 g/mol. The van der Waals surface area contributed by atoms with Crippen LogP contribution in [0.5, 0.6) is 0 Å². The van der Waals surface area contributed by atoms with E-state index in [1.54, 1.807) is 13.0 Å². The molecule has 1 aromatic carbocycles. The van der Waals surface area contributed by atoms with Crippen molar-refractivity contribution in [1.29, 1.82) is 0 Å². The van der Waals surface area contributed by atoms with E-state index in [2.05, 4.69) is 17.5 Å². The SMILES string of the molecule is Cc1cc(NC(=O)CC(N)=S)ccc1F. The van der Waals surface area contributed by atoms with Gasteiger partial charge in [0.1, 0.15) is 5.82 Å². The normalized spacial score (nSPS) is 9.73. The minimum atomic E-state index is -0.303. The van der Waals surface area contributed by atoms with Crippen molar-refractivity contribution in [3.05, 3.63) is 29.6 Å². The molecule has 0 aliphatic heterocycles. The minimum Gasteiger partial charge on any atom is -0.393 e. The Morgan fingerprint density at radius 2 is 2.27 bits per heavy atom. The van der Waals surface area contributed by atoms with Crippen LogP contribution in [0, 0.1) is 12.7 Å². The molecule has 0 aliphatic rings. The van der Waals surface area contributed by atoms with Crippen LogP contribution >= 0.6 is 12.2 Å². The molecule has 0 radical (unpaired) electrons. The summed E-state index contributed by atoms with van der Waals surface area (Å²) in [6.07, 6.45) is -0.00818. The molecule has 0 heterocycles. The third-order valence-corrected chi connectivity index (χ3v) is 1.92. The lowest BCUT2D eigenvalue weighted by Gasteiger charge is -2.05. The smallest absolute Gasteiger partial charge is 0.231 e. The molecular formula is C10H11FN2OS. The molecule has 15 heavy (non-hydrogen) atoms. The largest absolute Gasteiger partial charge is 0.393 e. The molecule has 0 unspecified atom stereocenters. The van der Waals surface area contributed by atoms with Gasteiger partial charge in [0.15, 0.2) is 0 Å². The van der Waals surface area contributed by atoms with Gasteiger partial charge >= 0.3 is 0 Å². The zero-order valence-corrected chi connectivity index (χ0v) is 9.03. The van der Waals surface area contributed by atoms with Gasteiger partial charge in [-0.05, 0) is 30.7 Å². The van der Waals surface area contributed by atoms with Crippen molar-refractivity contribution in [2.75, 3.05) is 5.32 Å². The predicted octanol–water partition coefficient (Wildman–Crippen LogP) is 1.75. The first kappa shape index (κ1) is 11.6. The lowest BCUT2D eigenvalue weighted by Crippen LogP contribution is -2.20. The molecule has 80 valence electrons. The topological polar surface area (TPSA) is 55.1 Å². The second-order valence-electron chi connectivity index (χ2n) is 3.16. The molecule has 3 nitrogen and oxygen atoms in total. The summed E-state index contributed by atoms with van der Waals surface area (Å²) in [4.78, 5) is 11.4. The molecule has 0 spiro atoms. The van der Waals surface area contributed by atoms with Gasteiger partial charge in [-0.1, -0.05) is 12.2 Å². The first-order valence-corrected chi connectivity index (χ1v) is 4.74. The lowest BCUT2D eigenvalue weighted by molar-refractivity contribution is -0.115. The average molecular weight is 226 g/mol. The maximum Gasteiger partial charge on any atom is 0.231 e. The third kappa shape index (κ3) is 3.63. The van der Waals surface area contributed by atoms with Crippen LogP contribution in [0.1, 0.15) is 12.0 Å². The summed E-state index contributed by atoms with van der Waals surface area (Å²) in [5.74, 6) is -0.601. The van der Waals surface area contributed by atoms with E-state index < -0.39 is 0 Å². The van der Waals surface area contributed by atoms with Gasteiger partial charge in [-0.15, -0.1) is 0 Å². The number of halogens is 1. The van der Waals surface area contributed by atoms with Crippen LogP contribution in [0.25, 0.3) is 0 Å². The van der Waals surface area contributed by atoms with E-state index in [0.29, 0.717) is 11.3 Å². The van der Waals surface area contributed by atoms with Crippen LogP contribution in [-0.2, 0) is 4.79 Å². The Morgan fingerprint density at radius 3 is 2.80 bits per heavy atom. The number of thiocarbonyl (C=S) groups is 1. The Morgan fingerprint density at radius 1 is 1.60 bits per heavy atom. The quantitative estimate of drug-likeness (QED) is 0.772. The Balaban J connectivity index is 2.69. The van der Waals surface area contributed by atoms with Gasteiger partial charge in [0, 0.05) is 5.69 Å². The number of nitrogens with one attached hydrogen (secondary N) is 1. The van der Waals surface area contributed by atoms with E-state index >= 15 is 0 Å². The molecule has 0 aliphatic carbocycles. The van der Waals surface area contributed by atoms with Crippen molar-refractivity contribution in [1.82, 2.24) is 0 Å². The van der Waals surface area contributed by atoms with Gasteiger partial charge in [0.05, 0.1) is 11.4 Å². The molecule has 5 heteroatoms. The second-order valence-corrected chi connectivity index (χ2v) is 3.68. The lowest BCUT2D eigenvalue weighted by atomic mass is 10.2. The monoisotopic (exact) mass is 226 g/mol. The van der Waals surface area contributed by atoms with Crippen LogP contribution in [0.2, 0.25) is 0 Å². The third-order valence-electron chi connectivity index (χ3n) is 1.78. The summed E-state index contributed by atoms with van der Waals surface area (Å²) < 4.78 is 12.9. The minimum absolute atomic E-state index is 0.00818. The Hall–Kier alpha value is -1.49. The molecule has 3 N–H and O–H groups in total. The molecule has 0 aromatic heterocycles. The van der Waals surface area contributed by atoms with Crippen LogP contribution in [0.15, 0.2) is 18.2 Å². The summed E-state index contributed by atoms with van der Waals surface area (Å²) in [6, 6.07) is 4.33. The molecule has 0 saturated carbocycles. The van der Waals surface area contributed by atoms with Crippen molar-refractivity contribution in [2.45, 2.75) is 13.3 Å². The highest BCUT2D eigenvalue weighted by atomic mass is 32.1.